The summed E-state index contributed by atoms with van der Waals surface area (Å²) in [7, 11) is 2.04. The highest BCUT2D eigenvalue weighted by Crippen LogP contribution is 2.12. The first-order chi connectivity index (χ1) is 11.6. The number of amides is 2. The Labute approximate surface area is 142 Å². The second-order valence-electron chi connectivity index (χ2n) is 6.40. The molecule has 24 heavy (non-hydrogen) atoms. The Morgan fingerprint density at radius 1 is 1.25 bits per heavy atom. The number of carbonyl (C=O) groups excluding carboxylic acids is 2. The Morgan fingerprint density at radius 2 is 2.00 bits per heavy atom. The quantitative estimate of drug-likeness (QED) is 0.863. The molecule has 2 aliphatic rings. The third-order valence-corrected chi connectivity index (χ3v) is 4.55. The predicted octanol–water partition coefficient (Wildman–Crippen LogP) is 0.378. The number of hydrogen-bond acceptors (Lipinski definition) is 5. The smallest absolute Gasteiger partial charge is 0.255 e. The highest BCUT2D eigenvalue weighted by molar-refractivity contribution is 5.99. The van der Waals surface area contributed by atoms with Crippen LogP contribution in [0.15, 0.2) is 18.5 Å². The summed E-state index contributed by atoms with van der Waals surface area (Å²) in [6.45, 7) is 4.38. The minimum absolute atomic E-state index is 0.0654. The van der Waals surface area contributed by atoms with Crippen molar-refractivity contribution in [1.29, 1.82) is 0 Å². The van der Waals surface area contributed by atoms with Crippen molar-refractivity contribution in [2.45, 2.75) is 18.9 Å². The van der Waals surface area contributed by atoms with Gasteiger partial charge in [-0.3, -0.25) is 14.6 Å². The lowest BCUT2D eigenvalue weighted by Gasteiger charge is -2.32. The van der Waals surface area contributed by atoms with Gasteiger partial charge in [0.15, 0.2) is 0 Å². The van der Waals surface area contributed by atoms with Crippen molar-refractivity contribution < 1.29 is 14.3 Å². The van der Waals surface area contributed by atoms with Gasteiger partial charge in [0.1, 0.15) is 0 Å². The molecule has 0 bridgehead atoms. The number of rotatable bonds is 4. The van der Waals surface area contributed by atoms with E-state index >= 15 is 0 Å². The summed E-state index contributed by atoms with van der Waals surface area (Å²) in [4.78, 5) is 32.9. The van der Waals surface area contributed by atoms with Gasteiger partial charge in [-0.25, -0.2) is 0 Å². The zero-order valence-electron chi connectivity index (χ0n) is 14.0. The molecule has 0 aromatic carbocycles. The van der Waals surface area contributed by atoms with E-state index in [1.807, 2.05) is 11.9 Å². The first-order valence-electron chi connectivity index (χ1n) is 8.46. The van der Waals surface area contributed by atoms with Crippen LogP contribution < -0.4 is 5.32 Å². The molecule has 1 N–H and O–H groups in total. The van der Waals surface area contributed by atoms with E-state index in [0.717, 1.165) is 32.5 Å². The second kappa shape index (κ2) is 7.72. The van der Waals surface area contributed by atoms with Crippen molar-refractivity contribution in [2.24, 2.45) is 0 Å². The Kier molecular flexibility index (Phi) is 5.42. The number of nitrogens with zero attached hydrogens (tertiary/aromatic N) is 3. The molecule has 0 aliphatic carbocycles. The molecule has 1 atom stereocenters. The average Bonchev–Trinajstić information content (AvgIpc) is 3.13. The van der Waals surface area contributed by atoms with Crippen LogP contribution in [0.4, 0.5) is 0 Å². The molecule has 1 unspecified atom stereocenters. The maximum atomic E-state index is 12.6. The van der Waals surface area contributed by atoms with Gasteiger partial charge in [0.2, 0.25) is 0 Å². The molecule has 2 aliphatic heterocycles. The van der Waals surface area contributed by atoms with Crippen molar-refractivity contribution in [3.05, 3.63) is 29.6 Å². The summed E-state index contributed by atoms with van der Waals surface area (Å²) in [6, 6.07) is 1.62. The van der Waals surface area contributed by atoms with Crippen molar-refractivity contribution in [3.8, 4) is 0 Å². The number of hydrogen-bond donors (Lipinski definition) is 1. The highest BCUT2D eigenvalue weighted by atomic mass is 16.5. The molecule has 0 radical (unpaired) electrons. The van der Waals surface area contributed by atoms with Crippen molar-refractivity contribution in [2.75, 3.05) is 46.4 Å². The summed E-state index contributed by atoms with van der Waals surface area (Å²) in [5, 5.41) is 2.86. The van der Waals surface area contributed by atoms with Crippen LogP contribution >= 0.6 is 0 Å². The molecule has 130 valence electrons. The molecule has 3 heterocycles. The maximum absolute atomic E-state index is 12.6. The average molecular weight is 332 g/mol. The summed E-state index contributed by atoms with van der Waals surface area (Å²) >= 11 is 0. The molecular formula is C17H24N4O3. The number of pyridine rings is 1. The van der Waals surface area contributed by atoms with Gasteiger partial charge in [0.25, 0.3) is 11.8 Å². The monoisotopic (exact) mass is 332 g/mol. The topological polar surface area (TPSA) is 74.8 Å². The fraction of sp³-hybridized carbons (Fsp3) is 0.588. The van der Waals surface area contributed by atoms with E-state index in [9.17, 15) is 9.59 Å². The SMILES string of the molecule is CN1CCN(C(=O)c2cncc(C(=O)NCC3CCCO3)c2)CC1. The van der Waals surface area contributed by atoms with Crippen molar-refractivity contribution >= 4 is 11.8 Å². The van der Waals surface area contributed by atoms with Gasteiger partial charge in [-0.2, -0.15) is 0 Å². The summed E-state index contributed by atoms with van der Waals surface area (Å²) in [5.74, 6) is -0.282. The largest absolute Gasteiger partial charge is 0.376 e. The number of ether oxygens (including phenoxy) is 1. The minimum Gasteiger partial charge on any atom is -0.376 e. The number of piperazine rings is 1. The molecule has 7 nitrogen and oxygen atoms in total. The van der Waals surface area contributed by atoms with Gasteiger partial charge in [-0.15, -0.1) is 0 Å². The van der Waals surface area contributed by atoms with Crippen molar-refractivity contribution in [3.63, 3.8) is 0 Å². The zero-order valence-corrected chi connectivity index (χ0v) is 14.0. The summed E-state index contributed by atoms with van der Waals surface area (Å²) in [5.41, 5.74) is 0.872. The van der Waals surface area contributed by atoms with E-state index in [1.54, 1.807) is 6.07 Å². The lowest BCUT2D eigenvalue weighted by molar-refractivity contribution is 0.0663. The van der Waals surface area contributed by atoms with Crippen LogP contribution in [-0.2, 0) is 4.74 Å². The summed E-state index contributed by atoms with van der Waals surface area (Å²) in [6.07, 6.45) is 5.12. The van der Waals surface area contributed by atoms with Gasteiger partial charge in [0, 0.05) is 51.7 Å². The zero-order chi connectivity index (χ0) is 16.9. The van der Waals surface area contributed by atoms with Crippen molar-refractivity contribution in [1.82, 2.24) is 20.1 Å². The lowest BCUT2D eigenvalue weighted by atomic mass is 10.1. The number of likely N-dealkylation sites (N-methyl/N-ethyl adjacent to an activating group) is 1. The lowest BCUT2D eigenvalue weighted by Crippen LogP contribution is -2.47. The molecule has 1 aromatic rings. The maximum Gasteiger partial charge on any atom is 0.255 e. The molecule has 7 heteroatoms. The first kappa shape index (κ1) is 16.9. The van der Waals surface area contributed by atoms with Crippen LogP contribution in [0, 0.1) is 0 Å². The molecule has 0 saturated carbocycles. The third-order valence-electron chi connectivity index (χ3n) is 4.55. The Balaban J connectivity index is 1.60. The van der Waals surface area contributed by atoms with Gasteiger partial charge < -0.3 is 19.9 Å². The van der Waals surface area contributed by atoms with Crippen LogP contribution in [0.25, 0.3) is 0 Å². The number of carbonyl (C=O) groups is 2. The molecule has 3 rings (SSSR count). The van der Waals surface area contributed by atoms with E-state index in [0.29, 0.717) is 30.8 Å². The Bertz CT molecular complexity index is 593. The van der Waals surface area contributed by atoms with Crippen LogP contribution in [0.2, 0.25) is 0 Å². The van der Waals surface area contributed by atoms with Gasteiger partial charge in [0.05, 0.1) is 17.2 Å². The third kappa shape index (κ3) is 4.10. The minimum atomic E-state index is -0.217. The van der Waals surface area contributed by atoms with Crippen LogP contribution in [0.5, 0.6) is 0 Å². The summed E-state index contributed by atoms with van der Waals surface area (Å²) < 4.78 is 5.49. The van der Waals surface area contributed by atoms with E-state index in [1.165, 1.54) is 12.4 Å². The van der Waals surface area contributed by atoms with E-state index < -0.39 is 0 Å². The molecule has 1 aromatic heterocycles. The molecule has 2 fully saturated rings. The molecular weight excluding hydrogens is 308 g/mol. The first-order valence-corrected chi connectivity index (χ1v) is 8.46. The van der Waals surface area contributed by atoms with Crippen LogP contribution in [0.3, 0.4) is 0 Å². The van der Waals surface area contributed by atoms with E-state index in [-0.39, 0.29) is 17.9 Å². The van der Waals surface area contributed by atoms with E-state index in [2.05, 4.69) is 15.2 Å². The highest BCUT2D eigenvalue weighted by Gasteiger charge is 2.22. The standard InChI is InChI=1S/C17H24N4O3/c1-20-4-6-21(7-5-20)17(23)14-9-13(10-18-11-14)16(22)19-12-15-3-2-8-24-15/h9-11,15H,2-8,12H2,1H3,(H,19,22). The molecule has 0 spiro atoms. The second-order valence-corrected chi connectivity index (χ2v) is 6.40. The molecule has 2 saturated heterocycles. The predicted molar refractivity (Wildman–Crippen MR) is 88.9 cm³/mol. The Morgan fingerprint density at radius 3 is 2.71 bits per heavy atom. The van der Waals surface area contributed by atoms with Crippen LogP contribution in [-0.4, -0.2) is 79.1 Å². The normalized spacial score (nSPS) is 21.7. The fourth-order valence-corrected chi connectivity index (χ4v) is 2.99. The molecule has 2 amide bonds. The van der Waals surface area contributed by atoms with Gasteiger partial charge in [-0.1, -0.05) is 0 Å². The van der Waals surface area contributed by atoms with E-state index in [4.69, 9.17) is 4.74 Å². The van der Waals surface area contributed by atoms with Gasteiger partial charge >= 0.3 is 0 Å². The Hall–Kier alpha value is -1.99. The fourth-order valence-electron chi connectivity index (χ4n) is 2.99. The van der Waals surface area contributed by atoms with Crippen LogP contribution in [0.1, 0.15) is 33.6 Å². The van der Waals surface area contributed by atoms with Gasteiger partial charge in [-0.05, 0) is 26.0 Å². The number of nitrogens with one attached hydrogen (secondary N) is 1. The number of aromatic nitrogens is 1.